The Morgan fingerprint density at radius 1 is 1.12 bits per heavy atom. The number of methoxy groups -OCH3 is 2. The summed E-state index contributed by atoms with van der Waals surface area (Å²) in [5.41, 5.74) is -0.0773. The fraction of sp³-hybridized carbons (Fsp3) is 0.579. The number of carbonyl (C=O) groups excluding carboxylic acids is 1. The molecule has 1 amide bonds. The summed E-state index contributed by atoms with van der Waals surface area (Å²) in [6.45, 7) is 1.24. The summed E-state index contributed by atoms with van der Waals surface area (Å²) in [4.78, 5) is 26.1. The van der Waals surface area contributed by atoms with Crippen LogP contribution in [-0.4, -0.2) is 49.2 Å². The van der Waals surface area contributed by atoms with Crippen LogP contribution in [0, 0.1) is 11.3 Å². The Bertz CT molecular complexity index is 638. The molecule has 1 saturated heterocycles. The molecule has 1 aliphatic carbocycles. The lowest BCUT2D eigenvalue weighted by Gasteiger charge is -2.43. The normalized spacial score (nSPS) is 19.4. The lowest BCUT2D eigenvalue weighted by molar-refractivity contribution is -0.164. The molecule has 0 bridgehead atoms. The number of nitrogens with zero attached hydrogens (tertiary/aromatic N) is 1. The molecule has 1 heterocycles. The molecule has 2 fully saturated rings. The topological polar surface area (TPSA) is 76.1 Å². The van der Waals surface area contributed by atoms with E-state index in [4.69, 9.17) is 9.47 Å². The van der Waals surface area contributed by atoms with E-state index in [1.807, 2.05) is 18.2 Å². The maximum absolute atomic E-state index is 12.7. The molecular weight excluding hydrogens is 322 g/mol. The van der Waals surface area contributed by atoms with Crippen molar-refractivity contribution in [3.05, 3.63) is 23.8 Å². The average Bonchev–Trinajstić information content (AvgIpc) is 3.08. The fourth-order valence-electron chi connectivity index (χ4n) is 3.98. The van der Waals surface area contributed by atoms with E-state index >= 15 is 0 Å². The number of likely N-dealkylation sites (tertiary alicyclic amines) is 1. The molecule has 3 rings (SSSR count). The van der Waals surface area contributed by atoms with Gasteiger partial charge in [-0.25, -0.2) is 0 Å². The van der Waals surface area contributed by atoms with E-state index in [2.05, 4.69) is 0 Å². The maximum Gasteiger partial charge on any atom is 0.319 e. The Morgan fingerprint density at radius 3 is 2.16 bits per heavy atom. The highest BCUT2D eigenvalue weighted by Crippen LogP contribution is 2.41. The third-order valence-electron chi connectivity index (χ3n) is 5.46. The molecule has 6 heteroatoms. The standard InChI is InChI=1S/C19H25NO5/c1-24-15-8-13(9-16(10-15)25-2)7-14-11-20(12-14)17(21)19(18(22)23)5-3-4-6-19/h8-10,14H,3-7,11-12H2,1-2H3,(H,22,23). The van der Waals surface area contributed by atoms with Gasteiger partial charge in [0.05, 0.1) is 14.2 Å². The molecule has 1 aromatic carbocycles. The Labute approximate surface area is 147 Å². The molecule has 0 radical (unpaired) electrons. The van der Waals surface area contributed by atoms with Gasteiger partial charge in [0.15, 0.2) is 0 Å². The third-order valence-corrected chi connectivity index (χ3v) is 5.46. The van der Waals surface area contributed by atoms with Gasteiger partial charge in [0.25, 0.3) is 0 Å². The van der Waals surface area contributed by atoms with E-state index in [0.29, 0.717) is 31.8 Å². The van der Waals surface area contributed by atoms with Crippen LogP contribution in [0.2, 0.25) is 0 Å². The van der Waals surface area contributed by atoms with Crippen LogP contribution in [0.1, 0.15) is 31.2 Å². The Morgan fingerprint density at radius 2 is 1.68 bits per heavy atom. The van der Waals surface area contributed by atoms with Gasteiger partial charge in [-0.3, -0.25) is 9.59 Å². The van der Waals surface area contributed by atoms with Crippen LogP contribution in [0.3, 0.4) is 0 Å². The Kier molecular flexibility index (Phi) is 4.88. The molecule has 25 heavy (non-hydrogen) atoms. The summed E-state index contributed by atoms with van der Waals surface area (Å²) in [5.74, 6) is 0.677. The van der Waals surface area contributed by atoms with Crippen LogP contribution in [0.5, 0.6) is 11.5 Å². The minimum absolute atomic E-state index is 0.197. The minimum atomic E-state index is -1.18. The number of hydrogen-bond donors (Lipinski definition) is 1. The number of amides is 1. The molecular formula is C19H25NO5. The second-order valence-corrected chi connectivity index (χ2v) is 7.10. The molecule has 0 unspecified atom stereocenters. The van der Waals surface area contributed by atoms with E-state index < -0.39 is 11.4 Å². The summed E-state index contributed by atoms with van der Waals surface area (Å²) in [6, 6.07) is 5.78. The van der Waals surface area contributed by atoms with Crippen LogP contribution >= 0.6 is 0 Å². The molecule has 1 saturated carbocycles. The zero-order valence-electron chi connectivity index (χ0n) is 14.8. The van der Waals surface area contributed by atoms with Crippen molar-refractivity contribution in [1.82, 2.24) is 4.90 Å². The summed E-state index contributed by atoms with van der Waals surface area (Å²) >= 11 is 0. The van der Waals surface area contributed by atoms with Crippen LogP contribution < -0.4 is 9.47 Å². The Hall–Kier alpha value is -2.24. The zero-order chi connectivity index (χ0) is 18.0. The van der Waals surface area contributed by atoms with Crippen molar-refractivity contribution in [2.24, 2.45) is 11.3 Å². The van der Waals surface area contributed by atoms with Gasteiger partial charge in [0.2, 0.25) is 5.91 Å². The van der Waals surface area contributed by atoms with Crippen molar-refractivity contribution < 1.29 is 24.2 Å². The van der Waals surface area contributed by atoms with Gasteiger partial charge >= 0.3 is 5.97 Å². The average molecular weight is 347 g/mol. The Balaban J connectivity index is 1.61. The third kappa shape index (κ3) is 3.30. The van der Waals surface area contributed by atoms with Crippen molar-refractivity contribution >= 4 is 11.9 Å². The van der Waals surface area contributed by atoms with Gasteiger partial charge in [0, 0.05) is 19.2 Å². The van der Waals surface area contributed by atoms with Crippen molar-refractivity contribution in [2.75, 3.05) is 27.3 Å². The maximum atomic E-state index is 12.7. The van der Waals surface area contributed by atoms with Gasteiger partial charge in [-0.2, -0.15) is 0 Å². The SMILES string of the molecule is COc1cc(CC2CN(C(=O)C3(C(=O)O)CCCC3)C2)cc(OC)c1. The van der Waals surface area contributed by atoms with Gasteiger partial charge < -0.3 is 19.5 Å². The van der Waals surface area contributed by atoms with E-state index in [9.17, 15) is 14.7 Å². The molecule has 0 spiro atoms. The number of carboxylic acids is 1. The van der Waals surface area contributed by atoms with Crippen molar-refractivity contribution in [1.29, 1.82) is 0 Å². The number of carbonyl (C=O) groups is 2. The molecule has 1 N–H and O–H groups in total. The summed E-state index contributed by atoms with van der Waals surface area (Å²) in [6.07, 6.45) is 3.39. The van der Waals surface area contributed by atoms with E-state index in [1.165, 1.54) is 0 Å². The highest BCUT2D eigenvalue weighted by Gasteiger charge is 2.52. The fourth-order valence-corrected chi connectivity index (χ4v) is 3.98. The molecule has 6 nitrogen and oxygen atoms in total. The first-order chi connectivity index (χ1) is 12.0. The number of aliphatic carboxylic acids is 1. The van der Waals surface area contributed by atoms with Crippen molar-refractivity contribution in [2.45, 2.75) is 32.1 Å². The van der Waals surface area contributed by atoms with Crippen LogP contribution in [0.15, 0.2) is 18.2 Å². The molecule has 136 valence electrons. The lowest BCUT2D eigenvalue weighted by atomic mass is 9.82. The number of benzene rings is 1. The largest absolute Gasteiger partial charge is 0.497 e. The number of carboxylic acid groups (broad SMARTS) is 1. The quantitative estimate of drug-likeness (QED) is 0.800. The van der Waals surface area contributed by atoms with Crippen molar-refractivity contribution in [3.8, 4) is 11.5 Å². The van der Waals surface area contributed by atoms with Crippen LogP contribution in [0.25, 0.3) is 0 Å². The predicted octanol–water partition coefficient (Wildman–Crippen LogP) is 2.35. The van der Waals surface area contributed by atoms with Crippen molar-refractivity contribution in [3.63, 3.8) is 0 Å². The predicted molar refractivity (Wildman–Crippen MR) is 91.9 cm³/mol. The first-order valence-electron chi connectivity index (χ1n) is 8.73. The first-order valence-corrected chi connectivity index (χ1v) is 8.73. The molecule has 0 atom stereocenters. The summed E-state index contributed by atoms with van der Waals surface area (Å²) in [5, 5.41) is 9.54. The van der Waals surface area contributed by atoms with Gasteiger partial charge in [-0.15, -0.1) is 0 Å². The second-order valence-electron chi connectivity index (χ2n) is 7.10. The summed E-state index contributed by atoms with van der Waals surface area (Å²) < 4.78 is 10.6. The smallest absolute Gasteiger partial charge is 0.319 e. The van der Waals surface area contributed by atoms with E-state index in [1.54, 1.807) is 19.1 Å². The van der Waals surface area contributed by atoms with Gasteiger partial charge in [-0.1, -0.05) is 12.8 Å². The molecule has 1 aromatic rings. The minimum Gasteiger partial charge on any atom is -0.497 e. The first kappa shape index (κ1) is 17.6. The second kappa shape index (κ2) is 6.94. The monoisotopic (exact) mass is 347 g/mol. The van der Waals surface area contributed by atoms with Crippen LogP contribution in [-0.2, 0) is 16.0 Å². The number of rotatable bonds is 6. The van der Waals surface area contributed by atoms with E-state index in [0.717, 1.165) is 36.3 Å². The highest BCUT2D eigenvalue weighted by atomic mass is 16.5. The zero-order valence-corrected chi connectivity index (χ0v) is 14.8. The number of ether oxygens (including phenoxy) is 2. The van der Waals surface area contributed by atoms with Gasteiger partial charge in [0.1, 0.15) is 16.9 Å². The lowest BCUT2D eigenvalue weighted by Crippen LogP contribution is -2.57. The molecule has 0 aromatic heterocycles. The number of hydrogen-bond acceptors (Lipinski definition) is 4. The summed E-state index contributed by atoms with van der Waals surface area (Å²) in [7, 11) is 3.24. The van der Waals surface area contributed by atoms with Gasteiger partial charge in [-0.05, 0) is 42.9 Å². The highest BCUT2D eigenvalue weighted by molar-refractivity contribution is 6.02. The van der Waals surface area contributed by atoms with Crippen LogP contribution in [0.4, 0.5) is 0 Å². The molecule has 1 aliphatic heterocycles. The van der Waals surface area contributed by atoms with E-state index in [-0.39, 0.29) is 5.91 Å². The molecule has 2 aliphatic rings.